The Morgan fingerprint density at radius 2 is 2.00 bits per heavy atom. The number of nitrogen functional groups attached to an aromatic ring is 1. The molecule has 3 heterocycles. The fourth-order valence-corrected chi connectivity index (χ4v) is 5.52. The van der Waals surface area contributed by atoms with E-state index in [9.17, 15) is 14.5 Å². The number of anilines is 1. The molecule has 0 amide bonds. The molecule has 4 rings (SSSR count). The van der Waals surface area contributed by atoms with Crippen molar-refractivity contribution in [3.63, 3.8) is 0 Å². The molecule has 1 aromatic carbocycles. The van der Waals surface area contributed by atoms with E-state index in [1.54, 1.807) is 36.4 Å². The van der Waals surface area contributed by atoms with E-state index in [2.05, 4.69) is 15.1 Å². The number of esters is 1. The number of nitrogens with one attached hydrogen (secondary N) is 1. The number of fused-ring (bicyclic) bond motifs is 1. The number of nitrogens with zero attached hydrogens (tertiary/aromatic N) is 3. The van der Waals surface area contributed by atoms with Crippen LogP contribution in [-0.4, -0.2) is 63.2 Å². The van der Waals surface area contributed by atoms with Crippen molar-refractivity contribution in [2.24, 2.45) is 5.92 Å². The summed E-state index contributed by atoms with van der Waals surface area (Å²) in [6.45, 7) is 4.83. The summed E-state index contributed by atoms with van der Waals surface area (Å²) in [6, 6.07) is 8.64. The second-order valence-corrected chi connectivity index (χ2v) is 11.4. The number of aromatic nitrogens is 3. The molecule has 39 heavy (non-hydrogen) atoms. The normalized spacial score (nSPS) is 23.6. The Bertz CT molecular complexity index is 1350. The lowest BCUT2D eigenvalue weighted by atomic mass is 10.1. The number of ether oxygens (including phenoxy) is 2. The van der Waals surface area contributed by atoms with Crippen molar-refractivity contribution in [2.75, 3.05) is 18.9 Å². The molecule has 1 fully saturated rings. The van der Waals surface area contributed by atoms with Gasteiger partial charge in [0.15, 0.2) is 12.4 Å². The molecule has 15 heteroatoms. The molecule has 3 aromatic rings. The topological polar surface area (TPSA) is 160 Å². The van der Waals surface area contributed by atoms with E-state index in [1.165, 1.54) is 17.7 Å². The summed E-state index contributed by atoms with van der Waals surface area (Å²) in [6.07, 6.45) is -4.65. The van der Waals surface area contributed by atoms with Crippen LogP contribution in [0.25, 0.3) is 11.0 Å². The zero-order valence-electron chi connectivity index (χ0n) is 21.4. The number of aliphatic hydroxyl groups is 1. The molecule has 0 saturated carbocycles. The van der Waals surface area contributed by atoms with E-state index in [4.69, 9.17) is 35.9 Å². The zero-order valence-corrected chi connectivity index (χ0v) is 23.1. The number of halogens is 2. The minimum absolute atomic E-state index is 0.101. The highest BCUT2D eigenvalue weighted by Gasteiger charge is 2.47. The summed E-state index contributed by atoms with van der Waals surface area (Å²) in [4.78, 5) is 20.4. The number of para-hydroxylation sites is 1. The SMILES string of the molecule is CC(C)COC(=O)[C@H](C)NP(=O)(OC[C@H]1O[C@@H](n2ccc3c(N)nc(Cl)nc32)[C@@H](F)[C@@H]1O)Oc1ccccc1. The number of rotatable bonds is 11. The van der Waals surface area contributed by atoms with E-state index in [1.807, 2.05) is 13.8 Å². The van der Waals surface area contributed by atoms with E-state index in [0.717, 1.165) is 0 Å². The molecule has 12 nitrogen and oxygen atoms in total. The number of benzene rings is 1. The third kappa shape index (κ3) is 6.86. The number of hydrogen-bond acceptors (Lipinski definition) is 10. The van der Waals surface area contributed by atoms with E-state index in [0.29, 0.717) is 5.39 Å². The standard InChI is InChI=1S/C24H30ClFN5O7P/c1-13(2)11-35-23(33)14(3)30-39(34,38-15-7-5-4-6-8-15)36-12-17-19(32)18(26)22(37-17)31-10-9-16-20(27)28-24(25)29-21(16)31/h4-10,13-14,17-19,22,32H,11-12H2,1-3H3,(H,30,34)(H2,27,28,29)/t14-,17+,18-,19+,22+,39?/m0/s1. The van der Waals surface area contributed by atoms with Crippen molar-refractivity contribution < 1.29 is 37.4 Å². The predicted molar refractivity (Wildman–Crippen MR) is 141 cm³/mol. The quantitative estimate of drug-likeness (QED) is 0.171. The molecule has 0 aliphatic carbocycles. The van der Waals surface area contributed by atoms with Gasteiger partial charge in [0.1, 0.15) is 35.5 Å². The summed E-state index contributed by atoms with van der Waals surface area (Å²) in [5.74, 6) is -0.268. The van der Waals surface area contributed by atoms with Crippen molar-refractivity contribution in [1.82, 2.24) is 19.6 Å². The monoisotopic (exact) mass is 585 g/mol. The van der Waals surface area contributed by atoms with Crippen LogP contribution in [0.5, 0.6) is 5.75 Å². The second-order valence-electron chi connectivity index (χ2n) is 9.41. The van der Waals surface area contributed by atoms with Gasteiger partial charge in [-0.2, -0.15) is 10.1 Å². The molecule has 1 aliphatic heterocycles. The maximum absolute atomic E-state index is 15.2. The molecule has 0 spiro atoms. The Kier molecular flexibility index (Phi) is 9.10. The first-order valence-electron chi connectivity index (χ1n) is 12.2. The molecule has 1 saturated heterocycles. The van der Waals surface area contributed by atoms with Crippen molar-refractivity contribution in [3.05, 3.63) is 47.9 Å². The first-order valence-corrected chi connectivity index (χ1v) is 14.1. The van der Waals surface area contributed by atoms with Crippen molar-refractivity contribution >= 4 is 42.2 Å². The van der Waals surface area contributed by atoms with E-state index < -0.39 is 51.0 Å². The molecular formula is C24H30ClFN5O7P. The van der Waals surface area contributed by atoms with Crippen LogP contribution in [0.2, 0.25) is 5.28 Å². The van der Waals surface area contributed by atoms with Gasteiger partial charge in [-0.3, -0.25) is 9.32 Å². The number of hydrogen-bond donors (Lipinski definition) is 3. The van der Waals surface area contributed by atoms with Crippen LogP contribution in [0, 0.1) is 5.92 Å². The van der Waals surface area contributed by atoms with Gasteiger partial charge in [0.2, 0.25) is 5.28 Å². The Morgan fingerprint density at radius 1 is 1.28 bits per heavy atom. The predicted octanol–water partition coefficient (Wildman–Crippen LogP) is 3.64. The van der Waals surface area contributed by atoms with Gasteiger partial charge in [0.05, 0.1) is 18.6 Å². The van der Waals surface area contributed by atoms with Gasteiger partial charge >= 0.3 is 13.7 Å². The van der Waals surface area contributed by atoms with Crippen LogP contribution in [0.3, 0.4) is 0 Å². The number of carbonyl (C=O) groups is 1. The van der Waals surface area contributed by atoms with Gasteiger partial charge in [-0.05, 0) is 42.6 Å². The third-order valence-electron chi connectivity index (χ3n) is 5.78. The summed E-state index contributed by atoms with van der Waals surface area (Å²) in [7, 11) is -4.26. The lowest BCUT2D eigenvalue weighted by Gasteiger charge is -2.24. The minimum atomic E-state index is -4.26. The lowest BCUT2D eigenvalue weighted by Crippen LogP contribution is -2.37. The highest BCUT2D eigenvalue weighted by Crippen LogP contribution is 2.46. The first-order chi connectivity index (χ1) is 18.5. The average molecular weight is 586 g/mol. The van der Waals surface area contributed by atoms with E-state index >= 15 is 4.39 Å². The molecule has 1 aliphatic rings. The molecule has 6 atom stereocenters. The van der Waals surface area contributed by atoms with Crippen LogP contribution < -0.4 is 15.3 Å². The van der Waals surface area contributed by atoms with E-state index in [-0.39, 0.29) is 35.0 Å². The molecule has 0 bridgehead atoms. The Hall–Kier alpha value is -2.80. The van der Waals surface area contributed by atoms with Crippen molar-refractivity contribution in [3.8, 4) is 5.75 Å². The van der Waals surface area contributed by atoms with Crippen LogP contribution in [0.15, 0.2) is 42.6 Å². The maximum Gasteiger partial charge on any atom is 0.459 e. The van der Waals surface area contributed by atoms with Gasteiger partial charge < -0.3 is 29.4 Å². The molecule has 212 valence electrons. The number of carbonyl (C=O) groups excluding carboxylic acids is 1. The maximum atomic E-state index is 15.2. The van der Waals surface area contributed by atoms with Gasteiger partial charge in [-0.15, -0.1) is 0 Å². The van der Waals surface area contributed by atoms with Gasteiger partial charge in [-0.1, -0.05) is 32.0 Å². The van der Waals surface area contributed by atoms with Crippen LogP contribution in [0.4, 0.5) is 10.2 Å². The Morgan fingerprint density at radius 3 is 2.69 bits per heavy atom. The Labute approximate surface area is 229 Å². The number of aliphatic hydroxyl groups excluding tert-OH is 1. The van der Waals surface area contributed by atoms with Gasteiger partial charge in [-0.25, -0.2) is 13.9 Å². The molecule has 4 N–H and O–H groups in total. The fraction of sp³-hybridized carbons (Fsp3) is 0.458. The Balaban J connectivity index is 1.50. The highest BCUT2D eigenvalue weighted by atomic mass is 35.5. The first kappa shape index (κ1) is 29.2. The van der Waals surface area contributed by atoms with Gasteiger partial charge in [0.25, 0.3) is 0 Å². The molecule has 0 radical (unpaired) electrons. The zero-order chi connectivity index (χ0) is 28.3. The molecule has 2 aromatic heterocycles. The summed E-state index contributed by atoms with van der Waals surface area (Å²) in [5, 5.41) is 13.4. The minimum Gasteiger partial charge on any atom is -0.464 e. The van der Waals surface area contributed by atoms with Crippen molar-refractivity contribution in [1.29, 1.82) is 0 Å². The molecule has 1 unspecified atom stereocenters. The number of nitrogens with two attached hydrogens (primary N) is 1. The van der Waals surface area contributed by atoms with Crippen LogP contribution in [-0.2, 0) is 23.4 Å². The van der Waals surface area contributed by atoms with Gasteiger partial charge in [0, 0.05) is 6.20 Å². The smallest absolute Gasteiger partial charge is 0.459 e. The largest absolute Gasteiger partial charge is 0.464 e. The number of alkyl halides is 1. The third-order valence-corrected chi connectivity index (χ3v) is 7.60. The lowest BCUT2D eigenvalue weighted by molar-refractivity contribution is -0.146. The van der Waals surface area contributed by atoms with Crippen LogP contribution >= 0.6 is 19.3 Å². The van der Waals surface area contributed by atoms with Crippen molar-refractivity contribution in [2.45, 2.75) is 51.4 Å². The molecular weight excluding hydrogens is 556 g/mol. The summed E-state index contributed by atoms with van der Waals surface area (Å²) < 4.78 is 52.3. The average Bonchev–Trinajstić information content (AvgIpc) is 3.42. The summed E-state index contributed by atoms with van der Waals surface area (Å²) in [5.41, 5.74) is 6.08. The second kappa shape index (κ2) is 12.2. The fourth-order valence-electron chi connectivity index (χ4n) is 3.84. The highest BCUT2D eigenvalue weighted by molar-refractivity contribution is 7.52. The summed E-state index contributed by atoms with van der Waals surface area (Å²) >= 11 is 5.91. The van der Waals surface area contributed by atoms with Crippen LogP contribution in [0.1, 0.15) is 27.0 Å².